The Morgan fingerprint density at radius 2 is 1.91 bits per heavy atom. The summed E-state index contributed by atoms with van der Waals surface area (Å²) in [5, 5.41) is 12.2. The molecule has 5 nitrogen and oxygen atoms in total. The number of hydrogen-bond donors (Lipinski definition) is 3. The summed E-state index contributed by atoms with van der Waals surface area (Å²) in [5.41, 5.74) is 4.05. The Kier molecular flexibility index (Phi) is 4.88. The van der Waals surface area contributed by atoms with Crippen molar-refractivity contribution in [3.8, 4) is 11.3 Å². The zero-order valence-electron chi connectivity index (χ0n) is 13.3. The number of nitrogens with zero attached hydrogens (tertiary/aromatic N) is 2. The van der Waals surface area contributed by atoms with Crippen LogP contribution in [0.25, 0.3) is 22.3 Å². The summed E-state index contributed by atoms with van der Waals surface area (Å²) in [5.74, 6) is 1.60. The quantitative estimate of drug-likeness (QED) is 0.584. The SMILES string of the molecule is Cc1nc(NCCCCCO)c2[nH]c(-c3ccccc3)cc2n1. The highest BCUT2D eigenvalue weighted by molar-refractivity contribution is 5.90. The molecule has 0 radical (unpaired) electrons. The fourth-order valence-electron chi connectivity index (χ4n) is 2.65. The van der Waals surface area contributed by atoms with Crippen molar-refractivity contribution in [1.82, 2.24) is 15.0 Å². The van der Waals surface area contributed by atoms with Crippen LogP contribution in [-0.2, 0) is 0 Å². The Balaban J connectivity index is 1.84. The Hall–Kier alpha value is -2.40. The van der Waals surface area contributed by atoms with E-state index in [1.54, 1.807) is 0 Å². The number of aliphatic hydroxyl groups excluding tert-OH is 1. The second-order valence-electron chi connectivity index (χ2n) is 5.64. The van der Waals surface area contributed by atoms with Crippen molar-refractivity contribution in [3.63, 3.8) is 0 Å². The third-order valence-corrected chi connectivity index (χ3v) is 3.80. The van der Waals surface area contributed by atoms with Gasteiger partial charge in [-0.2, -0.15) is 0 Å². The Labute approximate surface area is 135 Å². The Morgan fingerprint density at radius 3 is 2.70 bits per heavy atom. The predicted molar refractivity (Wildman–Crippen MR) is 93.5 cm³/mol. The van der Waals surface area contributed by atoms with Crippen molar-refractivity contribution in [2.45, 2.75) is 26.2 Å². The van der Waals surface area contributed by atoms with Crippen LogP contribution in [-0.4, -0.2) is 33.2 Å². The molecule has 0 aliphatic heterocycles. The molecule has 0 atom stereocenters. The summed E-state index contributed by atoms with van der Waals surface area (Å²) in [6.45, 7) is 3.00. The van der Waals surface area contributed by atoms with E-state index in [1.165, 1.54) is 0 Å². The molecule has 0 aliphatic rings. The number of rotatable bonds is 7. The van der Waals surface area contributed by atoms with Crippen LogP contribution in [0.3, 0.4) is 0 Å². The lowest BCUT2D eigenvalue weighted by Gasteiger charge is -2.07. The van der Waals surface area contributed by atoms with Gasteiger partial charge < -0.3 is 15.4 Å². The molecule has 0 spiro atoms. The van der Waals surface area contributed by atoms with Crippen LogP contribution in [0.5, 0.6) is 0 Å². The van der Waals surface area contributed by atoms with Gasteiger partial charge in [0.2, 0.25) is 0 Å². The molecular formula is C18H22N4O. The molecular weight excluding hydrogens is 288 g/mol. The van der Waals surface area contributed by atoms with Gasteiger partial charge in [0.25, 0.3) is 0 Å². The van der Waals surface area contributed by atoms with Crippen molar-refractivity contribution in [1.29, 1.82) is 0 Å². The number of nitrogens with one attached hydrogen (secondary N) is 2. The molecule has 0 amide bonds. The molecule has 2 aromatic heterocycles. The van der Waals surface area contributed by atoms with Gasteiger partial charge in [0.05, 0.1) is 5.52 Å². The van der Waals surface area contributed by atoms with Crippen LogP contribution < -0.4 is 5.32 Å². The highest BCUT2D eigenvalue weighted by Gasteiger charge is 2.10. The highest BCUT2D eigenvalue weighted by atomic mass is 16.2. The summed E-state index contributed by atoms with van der Waals surface area (Å²) < 4.78 is 0. The van der Waals surface area contributed by atoms with Gasteiger partial charge in [0, 0.05) is 18.8 Å². The third-order valence-electron chi connectivity index (χ3n) is 3.80. The monoisotopic (exact) mass is 310 g/mol. The first kappa shape index (κ1) is 15.5. The average Bonchev–Trinajstić information content (AvgIpc) is 2.99. The first-order valence-corrected chi connectivity index (χ1v) is 8.05. The lowest BCUT2D eigenvalue weighted by molar-refractivity contribution is 0.283. The highest BCUT2D eigenvalue weighted by Crippen LogP contribution is 2.26. The third kappa shape index (κ3) is 3.68. The van der Waals surface area contributed by atoms with Crippen molar-refractivity contribution in [2.75, 3.05) is 18.5 Å². The Bertz CT molecular complexity index is 767. The minimum absolute atomic E-state index is 0.258. The molecule has 1 aromatic carbocycles. The van der Waals surface area contributed by atoms with Crippen LogP contribution in [0, 0.1) is 6.92 Å². The number of aromatic nitrogens is 3. The molecule has 3 N–H and O–H groups in total. The van der Waals surface area contributed by atoms with E-state index in [-0.39, 0.29) is 6.61 Å². The van der Waals surface area contributed by atoms with Crippen LogP contribution in [0.15, 0.2) is 36.4 Å². The summed E-state index contributed by atoms with van der Waals surface area (Å²) in [6, 6.07) is 12.3. The van der Waals surface area contributed by atoms with Crippen LogP contribution in [0.2, 0.25) is 0 Å². The van der Waals surface area contributed by atoms with Gasteiger partial charge in [-0.05, 0) is 37.8 Å². The Morgan fingerprint density at radius 1 is 1.09 bits per heavy atom. The smallest absolute Gasteiger partial charge is 0.154 e. The van der Waals surface area contributed by atoms with Gasteiger partial charge in [-0.15, -0.1) is 0 Å². The van der Waals surface area contributed by atoms with Crippen molar-refractivity contribution in [3.05, 3.63) is 42.2 Å². The van der Waals surface area contributed by atoms with Crippen molar-refractivity contribution in [2.24, 2.45) is 0 Å². The maximum Gasteiger partial charge on any atom is 0.154 e. The number of fused-ring (bicyclic) bond motifs is 1. The van der Waals surface area contributed by atoms with Gasteiger partial charge in [-0.25, -0.2) is 9.97 Å². The number of aromatic amines is 1. The van der Waals surface area contributed by atoms with Crippen LogP contribution in [0.4, 0.5) is 5.82 Å². The molecule has 3 aromatic rings. The van der Waals surface area contributed by atoms with Crippen LogP contribution in [0.1, 0.15) is 25.1 Å². The largest absolute Gasteiger partial charge is 0.396 e. The van der Waals surface area contributed by atoms with Gasteiger partial charge in [0.15, 0.2) is 5.82 Å². The summed E-state index contributed by atoms with van der Waals surface area (Å²) in [4.78, 5) is 12.5. The van der Waals surface area contributed by atoms with Gasteiger partial charge >= 0.3 is 0 Å². The molecule has 0 saturated heterocycles. The number of H-pyrrole nitrogens is 1. The maximum absolute atomic E-state index is 8.83. The van der Waals surface area contributed by atoms with E-state index >= 15 is 0 Å². The first-order valence-electron chi connectivity index (χ1n) is 8.05. The van der Waals surface area contributed by atoms with Gasteiger partial charge in [-0.1, -0.05) is 30.3 Å². The van der Waals surface area contributed by atoms with E-state index < -0.39 is 0 Å². The number of hydrogen-bond acceptors (Lipinski definition) is 4. The van der Waals surface area contributed by atoms with E-state index in [9.17, 15) is 0 Å². The zero-order chi connectivity index (χ0) is 16.1. The maximum atomic E-state index is 8.83. The van der Waals surface area contributed by atoms with Gasteiger partial charge in [0.1, 0.15) is 11.3 Å². The van der Waals surface area contributed by atoms with E-state index in [0.717, 1.165) is 59.7 Å². The van der Waals surface area contributed by atoms with Crippen LogP contribution >= 0.6 is 0 Å². The molecule has 120 valence electrons. The van der Waals surface area contributed by atoms with Crippen molar-refractivity contribution < 1.29 is 5.11 Å². The van der Waals surface area contributed by atoms with Gasteiger partial charge in [-0.3, -0.25) is 0 Å². The fourth-order valence-corrected chi connectivity index (χ4v) is 2.65. The topological polar surface area (TPSA) is 73.8 Å². The number of anilines is 1. The second kappa shape index (κ2) is 7.24. The lowest BCUT2D eigenvalue weighted by Crippen LogP contribution is -2.06. The lowest BCUT2D eigenvalue weighted by atomic mass is 10.2. The molecule has 0 unspecified atom stereocenters. The first-order chi connectivity index (χ1) is 11.3. The summed E-state index contributed by atoms with van der Waals surface area (Å²) in [7, 11) is 0. The molecule has 0 fully saturated rings. The normalized spacial score (nSPS) is 11.0. The number of aliphatic hydroxyl groups is 1. The predicted octanol–water partition coefficient (Wildman–Crippen LogP) is 3.51. The minimum atomic E-state index is 0.258. The minimum Gasteiger partial charge on any atom is -0.396 e. The molecule has 23 heavy (non-hydrogen) atoms. The number of aryl methyl sites for hydroxylation is 1. The van der Waals surface area contributed by atoms with E-state index in [4.69, 9.17) is 5.11 Å². The summed E-state index contributed by atoms with van der Waals surface area (Å²) >= 11 is 0. The van der Waals surface area contributed by atoms with Crippen molar-refractivity contribution >= 4 is 16.9 Å². The standard InChI is InChI=1S/C18H22N4O/c1-13-20-16-12-15(14-8-4-2-5-9-14)22-17(16)18(21-13)19-10-6-3-7-11-23/h2,4-5,8-9,12,22-23H,3,6-7,10-11H2,1H3,(H,19,20,21). The second-order valence-corrected chi connectivity index (χ2v) is 5.64. The zero-order valence-corrected chi connectivity index (χ0v) is 13.3. The molecule has 0 saturated carbocycles. The molecule has 0 bridgehead atoms. The fraction of sp³-hybridized carbons (Fsp3) is 0.333. The van der Waals surface area contributed by atoms with E-state index in [1.807, 2.05) is 25.1 Å². The molecule has 3 rings (SSSR count). The average molecular weight is 310 g/mol. The number of benzene rings is 1. The molecule has 0 aliphatic carbocycles. The molecule has 2 heterocycles. The summed E-state index contributed by atoms with van der Waals surface area (Å²) in [6.07, 6.45) is 2.87. The van der Waals surface area contributed by atoms with E-state index in [0.29, 0.717) is 0 Å². The van der Waals surface area contributed by atoms with E-state index in [2.05, 4.69) is 38.5 Å². The number of unbranched alkanes of at least 4 members (excludes halogenated alkanes) is 2. The molecule has 5 heteroatoms.